The summed E-state index contributed by atoms with van der Waals surface area (Å²) in [4.78, 5) is 0. The molecule has 0 spiro atoms. The molecule has 2 aromatic carbocycles. The highest BCUT2D eigenvalue weighted by Gasteiger charge is 2.34. The van der Waals surface area contributed by atoms with Crippen LogP contribution in [0, 0.1) is 5.82 Å². The fourth-order valence-corrected chi connectivity index (χ4v) is 4.45. The summed E-state index contributed by atoms with van der Waals surface area (Å²) in [7, 11) is -3.47. The first kappa shape index (κ1) is 15.8. The van der Waals surface area contributed by atoms with Gasteiger partial charge in [0.2, 0.25) is 10.0 Å². The summed E-state index contributed by atoms with van der Waals surface area (Å²) in [5.41, 5.74) is 1.80. The molecule has 1 heterocycles. The number of benzene rings is 2. The average Bonchev–Trinajstić information content (AvgIpc) is 2.85. The van der Waals surface area contributed by atoms with Gasteiger partial charge in [0.15, 0.2) is 0 Å². The van der Waals surface area contributed by atoms with Crippen molar-refractivity contribution in [2.45, 2.75) is 19.4 Å². The smallest absolute Gasteiger partial charge is 0.238 e. The zero-order valence-corrected chi connectivity index (χ0v) is 13.6. The van der Waals surface area contributed by atoms with Gasteiger partial charge in [0, 0.05) is 6.04 Å². The predicted molar refractivity (Wildman–Crippen MR) is 87.8 cm³/mol. The van der Waals surface area contributed by atoms with E-state index in [1.807, 2.05) is 31.2 Å². The van der Waals surface area contributed by atoms with Crippen LogP contribution >= 0.6 is 0 Å². The van der Waals surface area contributed by atoms with Crippen LogP contribution < -0.4 is 9.04 Å². The largest absolute Gasteiger partial charge is 0.492 e. The van der Waals surface area contributed by atoms with Crippen molar-refractivity contribution in [3.63, 3.8) is 0 Å². The second-order valence-electron chi connectivity index (χ2n) is 5.60. The number of hydrogen-bond acceptors (Lipinski definition) is 3. The molecule has 6 heteroatoms. The minimum absolute atomic E-state index is 0.0271. The molecule has 0 fully saturated rings. The van der Waals surface area contributed by atoms with Gasteiger partial charge in [0.25, 0.3) is 0 Å². The second-order valence-corrected chi connectivity index (χ2v) is 7.56. The Morgan fingerprint density at radius 3 is 2.61 bits per heavy atom. The molecule has 23 heavy (non-hydrogen) atoms. The molecular formula is C17H18FNO3S. The Hall–Kier alpha value is -2.08. The van der Waals surface area contributed by atoms with Crippen LogP contribution in [0.4, 0.5) is 10.1 Å². The maximum atomic E-state index is 12.8. The summed E-state index contributed by atoms with van der Waals surface area (Å²) >= 11 is 0. The predicted octanol–water partition coefficient (Wildman–Crippen LogP) is 2.99. The summed E-state index contributed by atoms with van der Waals surface area (Å²) in [5.74, 6) is -0.0211. The molecule has 1 aliphatic rings. The van der Waals surface area contributed by atoms with Crippen LogP contribution in [0.25, 0.3) is 0 Å². The molecule has 0 amide bonds. The number of sulfonamides is 1. The Bertz CT molecular complexity index is 790. The fraction of sp³-hybridized carbons (Fsp3) is 0.294. The quantitative estimate of drug-likeness (QED) is 0.844. The molecule has 0 saturated carbocycles. The van der Waals surface area contributed by atoms with E-state index in [9.17, 15) is 12.8 Å². The van der Waals surface area contributed by atoms with E-state index in [1.54, 1.807) is 0 Å². The Balaban J connectivity index is 1.68. The third-order valence-corrected chi connectivity index (χ3v) is 5.71. The minimum Gasteiger partial charge on any atom is -0.492 e. The first-order valence-corrected chi connectivity index (χ1v) is 9.07. The van der Waals surface area contributed by atoms with Crippen LogP contribution in [0.3, 0.4) is 0 Å². The number of fused-ring (bicyclic) bond motifs is 1. The molecule has 4 nitrogen and oxygen atoms in total. The number of para-hydroxylation sites is 1. The Morgan fingerprint density at radius 2 is 1.87 bits per heavy atom. The van der Waals surface area contributed by atoms with E-state index >= 15 is 0 Å². The van der Waals surface area contributed by atoms with Gasteiger partial charge in [0.05, 0.1) is 5.69 Å². The van der Waals surface area contributed by atoms with Crippen molar-refractivity contribution in [1.29, 1.82) is 0 Å². The average molecular weight is 335 g/mol. The molecule has 122 valence electrons. The topological polar surface area (TPSA) is 46.6 Å². The number of rotatable bonds is 5. The van der Waals surface area contributed by atoms with Gasteiger partial charge < -0.3 is 4.74 Å². The molecule has 0 aliphatic carbocycles. The van der Waals surface area contributed by atoms with E-state index in [0.717, 1.165) is 11.3 Å². The van der Waals surface area contributed by atoms with E-state index in [0.29, 0.717) is 12.2 Å². The van der Waals surface area contributed by atoms with Crippen molar-refractivity contribution < 1.29 is 17.5 Å². The van der Waals surface area contributed by atoms with Crippen LogP contribution in [0.15, 0.2) is 48.5 Å². The normalized spacial score (nSPS) is 17.1. The summed E-state index contributed by atoms with van der Waals surface area (Å²) in [6, 6.07) is 13.0. The SMILES string of the molecule is CC1Cc2ccccc2N1S(=O)(=O)CCOc1ccc(F)cc1. The molecule has 0 radical (unpaired) electrons. The maximum Gasteiger partial charge on any atom is 0.238 e. The highest BCUT2D eigenvalue weighted by atomic mass is 32.2. The van der Waals surface area contributed by atoms with Crippen LogP contribution in [-0.2, 0) is 16.4 Å². The number of ether oxygens (including phenoxy) is 1. The molecule has 1 unspecified atom stereocenters. The molecule has 3 rings (SSSR count). The van der Waals surface area contributed by atoms with Gasteiger partial charge in [0.1, 0.15) is 23.9 Å². The molecule has 1 aliphatic heterocycles. The summed E-state index contributed by atoms with van der Waals surface area (Å²) in [6.45, 7) is 1.93. The highest BCUT2D eigenvalue weighted by Crippen LogP contribution is 2.34. The van der Waals surface area contributed by atoms with E-state index < -0.39 is 10.0 Å². The van der Waals surface area contributed by atoms with Gasteiger partial charge in [-0.15, -0.1) is 0 Å². The Kier molecular flexibility index (Phi) is 4.26. The Labute approximate surface area is 135 Å². The molecule has 0 bridgehead atoms. The fourth-order valence-electron chi connectivity index (χ4n) is 2.86. The summed E-state index contributed by atoms with van der Waals surface area (Å²) < 4.78 is 45.0. The first-order valence-electron chi connectivity index (χ1n) is 7.46. The van der Waals surface area contributed by atoms with Crippen molar-refractivity contribution in [2.24, 2.45) is 0 Å². The first-order chi connectivity index (χ1) is 11.0. The maximum absolute atomic E-state index is 12.8. The summed E-state index contributed by atoms with van der Waals surface area (Å²) in [6.07, 6.45) is 0.716. The molecule has 0 aromatic heterocycles. The van der Waals surface area contributed by atoms with Crippen molar-refractivity contribution in [1.82, 2.24) is 0 Å². The third kappa shape index (κ3) is 3.32. The standard InChI is InChI=1S/C17H18FNO3S/c1-13-12-14-4-2-3-5-17(14)19(13)23(20,21)11-10-22-16-8-6-15(18)7-9-16/h2-9,13H,10-12H2,1H3. The van der Waals surface area contributed by atoms with Crippen molar-refractivity contribution >= 4 is 15.7 Å². The number of anilines is 1. The van der Waals surface area contributed by atoms with Gasteiger partial charge in [-0.3, -0.25) is 4.31 Å². The van der Waals surface area contributed by atoms with Crippen LogP contribution in [0.5, 0.6) is 5.75 Å². The monoisotopic (exact) mass is 335 g/mol. The lowest BCUT2D eigenvalue weighted by molar-refractivity contribution is 0.340. The van der Waals surface area contributed by atoms with Gasteiger partial charge in [-0.25, -0.2) is 12.8 Å². The van der Waals surface area contributed by atoms with Gasteiger partial charge in [-0.1, -0.05) is 18.2 Å². The lowest BCUT2D eigenvalue weighted by Gasteiger charge is -2.24. The van der Waals surface area contributed by atoms with Crippen LogP contribution in [-0.4, -0.2) is 26.8 Å². The number of hydrogen-bond donors (Lipinski definition) is 0. The molecule has 2 aromatic rings. The zero-order chi connectivity index (χ0) is 16.4. The molecule has 1 atom stereocenters. The van der Waals surface area contributed by atoms with Gasteiger partial charge in [-0.05, 0) is 49.2 Å². The molecular weight excluding hydrogens is 317 g/mol. The van der Waals surface area contributed by atoms with Crippen LogP contribution in [0.1, 0.15) is 12.5 Å². The number of nitrogens with zero attached hydrogens (tertiary/aromatic N) is 1. The van der Waals surface area contributed by atoms with Gasteiger partial charge >= 0.3 is 0 Å². The van der Waals surface area contributed by atoms with Crippen molar-refractivity contribution in [3.8, 4) is 5.75 Å². The van der Waals surface area contributed by atoms with E-state index in [-0.39, 0.29) is 24.2 Å². The van der Waals surface area contributed by atoms with Crippen LogP contribution in [0.2, 0.25) is 0 Å². The highest BCUT2D eigenvalue weighted by molar-refractivity contribution is 7.92. The molecule has 0 N–H and O–H groups in total. The lowest BCUT2D eigenvalue weighted by Crippen LogP contribution is -2.38. The minimum atomic E-state index is -3.47. The van der Waals surface area contributed by atoms with E-state index in [1.165, 1.54) is 28.6 Å². The van der Waals surface area contributed by atoms with Crippen molar-refractivity contribution in [3.05, 3.63) is 59.9 Å². The molecule has 0 saturated heterocycles. The number of halogens is 1. The lowest BCUT2D eigenvalue weighted by atomic mass is 10.1. The van der Waals surface area contributed by atoms with E-state index in [2.05, 4.69) is 0 Å². The third-order valence-electron chi connectivity index (χ3n) is 3.87. The summed E-state index contributed by atoms with van der Waals surface area (Å²) in [5, 5.41) is 0. The van der Waals surface area contributed by atoms with Crippen molar-refractivity contribution in [2.75, 3.05) is 16.7 Å². The van der Waals surface area contributed by atoms with E-state index in [4.69, 9.17) is 4.74 Å². The Morgan fingerprint density at radius 1 is 1.17 bits per heavy atom. The second kappa shape index (κ2) is 6.20. The van der Waals surface area contributed by atoms with Gasteiger partial charge in [-0.2, -0.15) is 0 Å². The zero-order valence-electron chi connectivity index (χ0n) is 12.8.